The van der Waals surface area contributed by atoms with Gasteiger partial charge in [0, 0.05) is 6.07 Å². The molecule has 2 nitrogen and oxygen atoms in total. The second-order valence-electron chi connectivity index (χ2n) is 3.02. The van der Waals surface area contributed by atoms with Crippen molar-refractivity contribution in [3.63, 3.8) is 0 Å². The zero-order valence-electron chi connectivity index (χ0n) is 8.51. The smallest absolute Gasteiger partial charge is 0.186 e. The summed E-state index contributed by atoms with van der Waals surface area (Å²) in [6, 6.07) is 2.83. The molecule has 0 unspecified atom stereocenters. The zero-order valence-corrected chi connectivity index (χ0v) is 8.51. The fourth-order valence-electron chi connectivity index (χ4n) is 1.58. The van der Waals surface area contributed by atoms with E-state index in [9.17, 15) is 4.39 Å². The maximum Gasteiger partial charge on any atom is 0.186 e. The number of aliphatic hydroxyl groups is 1. The predicted octanol–water partition coefficient (Wildman–Crippen LogP) is 2.28. The van der Waals surface area contributed by atoms with Crippen LogP contribution in [0.5, 0.6) is 5.75 Å². The van der Waals surface area contributed by atoms with Crippen LogP contribution in [-0.2, 0) is 12.8 Å². The molecular formula is C11H15FO2. The number of rotatable bonds is 4. The van der Waals surface area contributed by atoms with Crippen LogP contribution in [0, 0.1) is 5.82 Å². The molecule has 3 heteroatoms. The summed E-state index contributed by atoms with van der Waals surface area (Å²) in [6.07, 6.45) is 1.54. The first-order valence-electron chi connectivity index (χ1n) is 4.77. The van der Waals surface area contributed by atoms with E-state index in [1.54, 1.807) is 0 Å². The molecule has 0 aromatic heterocycles. The molecule has 0 fully saturated rings. The Balaban J connectivity index is 3.17. The first-order valence-corrected chi connectivity index (χ1v) is 4.77. The summed E-state index contributed by atoms with van der Waals surface area (Å²) in [5.41, 5.74) is 1.92. The van der Waals surface area contributed by atoms with E-state index >= 15 is 0 Å². The van der Waals surface area contributed by atoms with Gasteiger partial charge in [0.05, 0.1) is 0 Å². The van der Waals surface area contributed by atoms with Gasteiger partial charge in [-0.1, -0.05) is 13.8 Å². The van der Waals surface area contributed by atoms with Gasteiger partial charge in [-0.3, -0.25) is 0 Å². The van der Waals surface area contributed by atoms with Crippen LogP contribution in [0.2, 0.25) is 0 Å². The van der Waals surface area contributed by atoms with Crippen molar-refractivity contribution in [2.24, 2.45) is 0 Å². The van der Waals surface area contributed by atoms with Crippen LogP contribution in [0.4, 0.5) is 4.39 Å². The van der Waals surface area contributed by atoms with Gasteiger partial charge in [0.25, 0.3) is 0 Å². The summed E-state index contributed by atoms with van der Waals surface area (Å²) in [5.74, 6) is 0.134. The predicted molar refractivity (Wildman–Crippen MR) is 52.9 cm³/mol. The first-order chi connectivity index (χ1) is 6.72. The second-order valence-corrected chi connectivity index (χ2v) is 3.02. The van der Waals surface area contributed by atoms with Crippen molar-refractivity contribution in [1.82, 2.24) is 0 Å². The van der Waals surface area contributed by atoms with Crippen LogP contribution in [0.1, 0.15) is 25.0 Å². The molecule has 1 aromatic carbocycles. The summed E-state index contributed by atoms with van der Waals surface area (Å²) >= 11 is 0. The van der Waals surface area contributed by atoms with Crippen LogP contribution in [0.25, 0.3) is 0 Å². The van der Waals surface area contributed by atoms with Gasteiger partial charge in [-0.25, -0.2) is 4.39 Å². The highest BCUT2D eigenvalue weighted by molar-refractivity contribution is 5.41. The van der Waals surface area contributed by atoms with Crippen LogP contribution >= 0.6 is 0 Å². The van der Waals surface area contributed by atoms with Gasteiger partial charge < -0.3 is 9.84 Å². The van der Waals surface area contributed by atoms with E-state index in [0.717, 1.165) is 24.0 Å². The van der Waals surface area contributed by atoms with Crippen LogP contribution in [0.3, 0.4) is 0 Å². The van der Waals surface area contributed by atoms with E-state index in [2.05, 4.69) is 0 Å². The minimum Gasteiger partial charge on any atom is -0.467 e. The minimum atomic E-state index is -0.417. The molecule has 0 aliphatic carbocycles. The average molecular weight is 198 g/mol. The summed E-state index contributed by atoms with van der Waals surface area (Å²) in [5, 5.41) is 8.65. The molecule has 0 saturated heterocycles. The fraction of sp³-hybridized carbons (Fsp3) is 0.455. The zero-order chi connectivity index (χ0) is 10.6. The first kappa shape index (κ1) is 11.0. The number of benzene rings is 1. The van der Waals surface area contributed by atoms with Gasteiger partial charge in [-0.15, -0.1) is 0 Å². The largest absolute Gasteiger partial charge is 0.467 e. The lowest BCUT2D eigenvalue weighted by Gasteiger charge is -2.12. The monoisotopic (exact) mass is 198 g/mol. The number of aryl methyl sites for hydroxylation is 1. The summed E-state index contributed by atoms with van der Waals surface area (Å²) in [7, 11) is 0. The Labute approximate surface area is 83.3 Å². The van der Waals surface area contributed by atoms with Gasteiger partial charge in [0.15, 0.2) is 6.79 Å². The van der Waals surface area contributed by atoms with Gasteiger partial charge in [0.1, 0.15) is 11.6 Å². The highest BCUT2D eigenvalue weighted by atomic mass is 19.1. The van der Waals surface area contributed by atoms with E-state index in [1.165, 1.54) is 12.1 Å². The van der Waals surface area contributed by atoms with Crippen molar-refractivity contribution in [3.8, 4) is 5.75 Å². The van der Waals surface area contributed by atoms with Crippen molar-refractivity contribution in [2.75, 3.05) is 6.79 Å². The Morgan fingerprint density at radius 3 is 2.50 bits per heavy atom. The molecule has 0 heterocycles. The molecule has 0 atom stereocenters. The van der Waals surface area contributed by atoms with E-state index in [1.807, 2.05) is 13.8 Å². The molecule has 1 aromatic rings. The van der Waals surface area contributed by atoms with E-state index < -0.39 is 6.79 Å². The average Bonchev–Trinajstić information content (AvgIpc) is 2.17. The molecule has 0 aliphatic heterocycles. The highest BCUT2D eigenvalue weighted by Gasteiger charge is 2.09. The highest BCUT2D eigenvalue weighted by Crippen LogP contribution is 2.25. The van der Waals surface area contributed by atoms with Gasteiger partial charge >= 0.3 is 0 Å². The number of aliphatic hydroxyl groups excluding tert-OH is 1. The maximum absolute atomic E-state index is 13.1. The molecule has 0 aliphatic rings. The quantitative estimate of drug-likeness (QED) is 0.752. The Kier molecular flexibility index (Phi) is 3.89. The van der Waals surface area contributed by atoms with Crippen molar-refractivity contribution in [1.29, 1.82) is 0 Å². The molecule has 0 bridgehead atoms. The summed E-state index contributed by atoms with van der Waals surface area (Å²) in [6.45, 7) is 3.53. The van der Waals surface area contributed by atoms with Crippen LogP contribution in [-0.4, -0.2) is 11.9 Å². The molecule has 14 heavy (non-hydrogen) atoms. The Hall–Kier alpha value is -1.09. The number of hydrogen-bond acceptors (Lipinski definition) is 2. The molecule has 0 radical (unpaired) electrons. The standard InChI is InChI=1S/C11H15FO2/c1-3-8-5-9(12)6-11(14-7-13)10(8)4-2/h5-6,13H,3-4,7H2,1-2H3. The Bertz CT molecular complexity index is 310. The van der Waals surface area contributed by atoms with E-state index in [4.69, 9.17) is 9.84 Å². The third kappa shape index (κ3) is 2.23. The van der Waals surface area contributed by atoms with Gasteiger partial charge in [-0.2, -0.15) is 0 Å². The molecule has 0 spiro atoms. The molecule has 1 rings (SSSR count). The molecule has 1 N–H and O–H groups in total. The third-order valence-electron chi connectivity index (χ3n) is 2.22. The van der Waals surface area contributed by atoms with Crippen molar-refractivity contribution >= 4 is 0 Å². The second kappa shape index (κ2) is 4.96. The normalized spacial score (nSPS) is 10.3. The van der Waals surface area contributed by atoms with Gasteiger partial charge in [-0.05, 0) is 30.0 Å². The number of hydrogen-bond donors (Lipinski definition) is 1. The van der Waals surface area contributed by atoms with E-state index in [-0.39, 0.29) is 5.82 Å². The Morgan fingerprint density at radius 1 is 1.29 bits per heavy atom. The van der Waals surface area contributed by atoms with Crippen molar-refractivity contribution < 1.29 is 14.2 Å². The van der Waals surface area contributed by atoms with Crippen molar-refractivity contribution in [3.05, 3.63) is 29.1 Å². The molecular weight excluding hydrogens is 183 g/mol. The number of halogens is 1. The summed E-state index contributed by atoms with van der Waals surface area (Å²) in [4.78, 5) is 0. The molecule has 0 saturated carbocycles. The number of ether oxygens (including phenoxy) is 1. The van der Waals surface area contributed by atoms with Crippen LogP contribution < -0.4 is 4.74 Å². The van der Waals surface area contributed by atoms with E-state index in [0.29, 0.717) is 5.75 Å². The lowest BCUT2D eigenvalue weighted by atomic mass is 10.0. The Morgan fingerprint density at radius 2 is 2.00 bits per heavy atom. The fourth-order valence-corrected chi connectivity index (χ4v) is 1.58. The molecule has 78 valence electrons. The van der Waals surface area contributed by atoms with Crippen molar-refractivity contribution in [2.45, 2.75) is 26.7 Å². The maximum atomic E-state index is 13.1. The molecule has 0 amide bonds. The van der Waals surface area contributed by atoms with Gasteiger partial charge in [0.2, 0.25) is 0 Å². The summed E-state index contributed by atoms with van der Waals surface area (Å²) < 4.78 is 18.1. The third-order valence-corrected chi connectivity index (χ3v) is 2.22. The minimum absolute atomic E-state index is 0.317. The topological polar surface area (TPSA) is 29.5 Å². The lowest BCUT2D eigenvalue weighted by molar-refractivity contribution is 0.0972. The van der Waals surface area contributed by atoms with Crippen LogP contribution in [0.15, 0.2) is 12.1 Å². The lowest BCUT2D eigenvalue weighted by Crippen LogP contribution is -2.02. The SMILES string of the molecule is CCc1cc(F)cc(OCO)c1CC.